The number of furan rings is 1. The van der Waals surface area contributed by atoms with E-state index in [1.807, 2.05) is 18.2 Å². The van der Waals surface area contributed by atoms with Gasteiger partial charge in [0.15, 0.2) is 5.58 Å². The van der Waals surface area contributed by atoms with E-state index < -0.39 is 0 Å². The molecule has 12 aromatic rings. The zero-order valence-corrected chi connectivity index (χ0v) is 29.0. The van der Waals surface area contributed by atoms with E-state index in [0.29, 0.717) is 0 Å². The fraction of sp³-hybridized carbons (Fsp3) is 0. The van der Waals surface area contributed by atoms with Crippen LogP contribution in [0.15, 0.2) is 180 Å². The van der Waals surface area contributed by atoms with Crippen LogP contribution < -0.4 is 0 Å². The molecule has 4 nitrogen and oxygen atoms in total. The van der Waals surface area contributed by atoms with E-state index in [0.717, 1.165) is 93.8 Å². The highest BCUT2D eigenvalue weighted by Crippen LogP contribution is 2.46. The molecule has 0 saturated heterocycles. The van der Waals surface area contributed by atoms with Crippen LogP contribution in [-0.2, 0) is 0 Å². The van der Waals surface area contributed by atoms with Gasteiger partial charge in [-0.1, -0.05) is 146 Å². The van der Waals surface area contributed by atoms with E-state index in [4.69, 9.17) is 14.4 Å². The molecule has 54 heavy (non-hydrogen) atoms. The first kappa shape index (κ1) is 29.3. The van der Waals surface area contributed by atoms with Crippen molar-refractivity contribution >= 4 is 87.1 Å². The summed E-state index contributed by atoms with van der Waals surface area (Å²) in [5, 5.41) is 11.6. The Balaban J connectivity index is 1.17. The molecule has 3 aromatic heterocycles. The Morgan fingerprint density at radius 1 is 0.426 bits per heavy atom. The molecule has 0 radical (unpaired) electrons. The number of para-hydroxylation sites is 2. The predicted molar refractivity (Wildman–Crippen MR) is 225 cm³/mol. The molecule has 4 heteroatoms. The molecule has 0 bridgehead atoms. The van der Waals surface area contributed by atoms with Crippen molar-refractivity contribution in [2.24, 2.45) is 0 Å². The van der Waals surface area contributed by atoms with E-state index in [2.05, 4.69) is 162 Å². The molecule has 0 spiro atoms. The summed E-state index contributed by atoms with van der Waals surface area (Å²) in [6.45, 7) is 0. The average molecular weight is 688 g/mol. The summed E-state index contributed by atoms with van der Waals surface area (Å²) in [4.78, 5) is 10.8. The van der Waals surface area contributed by atoms with E-state index in [-0.39, 0.29) is 0 Å². The molecule has 12 rings (SSSR count). The fourth-order valence-electron chi connectivity index (χ4n) is 8.78. The first-order valence-corrected chi connectivity index (χ1v) is 18.3. The molecular formula is C50H29N3O. The van der Waals surface area contributed by atoms with Crippen LogP contribution in [0.3, 0.4) is 0 Å². The van der Waals surface area contributed by atoms with Gasteiger partial charge in [-0.3, -0.25) is 0 Å². The van der Waals surface area contributed by atoms with E-state index >= 15 is 0 Å². The van der Waals surface area contributed by atoms with Gasteiger partial charge >= 0.3 is 0 Å². The minimum Gasteiger partial charge on any atom is -0.454 e. The molecule has 0 aliphatic carbocycles. The Bertz CT molecular complexity index is 3490. The summed E-state index contributed by atoms with van der Waals surface area (Å²) in [5.74, 6) is 0. The molecule has 0 aliphatic rings. The third-order valence-corrected chi connectivity index (χ3v) is 11.1. The van der Waals surface area contributed by atoms with Gasteiger partial charge in [-0.05, 0) is 57.3 Å². The van der Waals surface area contributed by atoms with Crippen molar-refractivity contribution in [3.63, 3.8) is 0 Å². The van der Waals surface area contributed by atoms with Crippen molar-refractivity contribution in [3.8, 4) is 28.2 Å². The van der Waals surface area contributed by atoms with E-state index in [9.17, 15) is 0 Å². The lowest BCUT2D eigenvalue weighted by Crippen LogP contribution is -1.97. The van der Waals surface area contributed by atoms with Crippen molar-refractivity contribution in [2.75, 3.05) is 0 Å². The summed E-state index contributed by atoms with van der Waals surface area (Å²) >= 11 is 0. The second-order valence-corrected chi connectivity index (χ2v) is 14.1. The number of nitrogens with zero attached hydrogens (tertiary/aromatic N) is 3. The molecule has 0 amide bonds. The van der Waals surface area contributed by atoms with Crippen LogP contribution in [0.4, 0.5) is 0 Å². The molecule has 0 unspecified atom stereocenters. The molecule has 0 fully saturated rings. The van der Waals surface area contributed by atoms with Gasteiger partial charge in [0.05, 0.1) is 33.5 Å². The van der Waals surface area contributed by atoms with Crippen LogP contribution >= 0.6 is 0 Å². The van der Waals surface area contributed by atoms with Crippen molar-refractivity contribution < 1.29 is 4.42 Å². The van der Waals surface area contributed by atoms with Crippen molar-refractivity contribution in [1.29, 1.82) is 0 Å². The van der Waals surface area contributed by atoms with Crippen LogP contribution in [0.5, 0.6) is 0 Å². The quantitative estimate of drug-likeness (QED) is 0.174. The third-order valence-electron chi connectivity index (χ3n) is 11.1. The molecular weight excluding hydrogens is 659 g/mol. The van der Waals surface area contributed by atoms with Gasteiger partial charge in [0.25, 0.3) is 0 Å². The lowest BCUT2D eigenvalue weighted by Gasteiger charge is -2.14. The maximum absolute atomic E-state index is 6.81. The number of hydrogen-bond acceptors (Lipinski definition) is 3. The van der Waals surface area contributed by atoms with Crippen LogP contribution in [0.1, 0.15) is 0 Å². The zero-order valence-electron chi connectivity index (χ0n) is 29.0. The average Bonchev–Trinajstić information content (AvgIpc) is 3.80. The van der Waals surface area contributed by atoms with Gasteiger partial charge < -0.3 is 8.98 Å². The number of rotatable bonds is 3. The first-order chi connectivity index (χ1) is 26.8. The van der Waals surface area contributed by atoms with Gasteiger partial charge in [0.1, 0.15) is 5.58 Å². The summed E-state index contributed by atoms with van der Waals surface area (Å²) in [7, 11) is 0. The Morgan fingerprint density at radius 3 is 1.81 bits per heavy atom. The highest BCUT2D eigenvalue weighted by atomic mass is 16.3. The van der Waals surface area contributed by atoms with Crippen molar-refractivity contribution in [3.05, 3.63) is 176 Å². The van der Waals surface area contributed by atoms with E-state index in [1.165, 1.54) is 21.5 Å². The third kappa shape index (κ3) is 4.08. The summed E-state index contributed by atoms with van der Waals surface area (Å²) in [6.07, 6.45) is 0. The molecule has 0 atom stereocenters. The minimum atomic E-state index is 0.874. The smallest absolute Gasteiger partial charge is 0.160 e. The number of aromatic nitrogens is 3. The number of fused-ring (bicyclic) bond motifs is 15. The molecule has 3 heterocycles. The van der Waals surface area contributed by atoms with Gasteiger partial charge in [0.2, 0.25) is 0 Å². The highest BCUT2D eigenvalue weighted by molar-refractivity contribution is 6.35. The Kier molecular flexibility index (Phi) is 6.02. The number of benzene rings is 9. The second-order valence-electron chi connectivity index (χ2n) is 14.1. The van der Waals surface area contributed by atoms with Crippen LogP contribution in [0.25, 0.3) is 115 Å². The molecule has 0 N–H and O–H groups in total. The first-order valence-electron chi connectivity index (χ1n) is 18.3. The Morgan fingerprint density at radius 2 is 1.04 bits per heavy atom. The summed E-state index contributed by atoms with van der Waals surface area (Å²) in [6, 6.07) is 62.2. The van der Waals surface area contributed by atoms with Crippen molar-refractivity contribution in [2.45, 2.75) is 0 Å². The van der Waals surface area contributed by atoms with Gasteiger partial charge in [-0.25, -0.2) is 9.97 Å². The Labute approximate surface area is 309 Å². The maximum atomic E-state index is 6.81. The zero-order chi connectivity index (χ0) is 35.3. The normalized spacial score (nSPS) is 12.1. The van der Waals surface area contributed by atoms with Crippen LogP contribution in [-0.4, -0.2) is 14.5 Å². The summed E-state index contributed by atoms with van der Waals surface area (Å²) < 4.78 is 9.21. The van der Waals surface area contributed by atoms with Gasteiger partial charge in [0, 0.05) is 43.7 Å². The largest absolute Gasteiger partial charge is 0.454 e. The van der Waals surface area contributed by atoms with Crippen LogP contribution in [0.2, 0.25) is 0 Å². The second kappa shape index (κ2) is 11.1. The maximum Gasteiger partial charge on any atom is 0.160 e. The number of hydrogen-bond donors (Lipinski definition) is 0. The summed E-state index contributed by atoms with van der Waals surface area (Å²) in [5.41, 5.74) is 10.7. The van der Waals surface area contributed by atoms with Crippen LogP contribution in [0, 0.1) is 0 Å². The molecule has 0 aliphatic heterocycles. The standard InChI is InChI=1S/C50H29N3O/c1-3-13-31(14-4-1)46-47(32-15-5-2-6-16-32)52-48-40(51-46)28-25-30-23-24-33-29-34(26-27-35(33)43(30)48)53-41-21-11-9-19-38(41)44-36-17-7-8-18-37(36)45-39-20-10-12-22-42(39)54-50(45)49(44)53/h1-29H. The lowest BCUT2D eigenvalue weighted by atomic mass is 9.98. The lowest BCUT2D eigenvalue weighted by molar-refractivity contribution is 0.671. The van der Waals surface area contributed by atoms with Gasteiger partial charge in [-0.15, -0.1) is 0 Å². The SMILES string of the molecule is c1ccc(-c2nc3ccc4ccc5cc(-n6c7ccccc7c7c8ccccc8c8c9ccccc9oc8c76)ccc5c4c3nc2-c2ccccc2)cc1. The monoisotopic (exact) mass is 687 g/mol. The highest BCUT2D eigenvalue weighted by Gasteiger charge is 2.23. The Hall–Kier alpha value is -7.30. The van der Waals surface area contributed by atoms with Gasteiger partial charge in [-0.2, -0.15) is 0 Å². The topological polar surface area (TPSA) is 43.9 Å². The van der Waals surface area contributed by atoms with E-state index in [1.54, 1.807) is 0 Å². The van der Waals surface area contributed by atoms with Crippen molar-refractivity contribution in [1.82, 2.24) is 14.5 Å². The molecule has 0 saturated carbocycles. The fourth-order valence-corrected chi connectivity index (χ4v) is 8.78. The predicted octanol–water partition coefficient (Wildman–Crippen LogP) is 13.4. The molecule has 250 valence electrons. The molecule has 9 aromatic carbocycles. The minimum absolute atomic E-state index is 0.874.